The molecule has 0 N–H and O–H groups in total. The van der Waals surface area contributed by atoms with Crippen LogP contribution in [0.3, 0.4) is 0 Å². The van der Waals surface area contributed by atoms with Gasteiger partial charge in [0.1, 0.15) is 5.75 Å². The summed E-state index contributed by atoms with van der Waals surface area (Å²) in [4.78, 5) is 19.0. The van der Waals surface area contributed by atoms with E-state index in [1.165, 1.54) is 17.3 Å². The second-order valence-electron chi connectivity index (χ2n) is 7.16. The maximum Gasteiger partial charge on any atom is 0.279 e. The molecule has 0 spiro atoms. The van der Waals surface area contributed by atoms with Gasteiger partial charge in [0.2, 0.25) is 0 Å². The molecule has 0 aromatic heterocycles. The summed E-state index contributed by atoms with van der Waals surface area (Å²) in [6, 6.07) is 16.7. The van der Waals surface area contributed by atoms with E-state index >= 15 is 0 Å². The molecule has 4 rings (SSSR count). The molecular formula is C21H22N2O4S2. The number of fused-ring (bicyclic) bond motifs is 1. The van der Waals surface area contributed by atoms with Crippen molar-refractivity contribution >= 4 is 32.7 Å². The van der Waals surface area contributed by atoms with Crippen LogP contribution in [0, 0.1) is 0 Å². The first-order valence-corrected chi connectivity index (χ1v) is 12.1. The minimum absolute atomic E-state index is 0.0711. The monoisotopic (exact) mass is 430 g/mol. The maximum absolute atomic E-state index is 12.7. The summed E-state index contributed by atoms with van der Waals surface area (Å²) in [5, 5.41) is 0.546. The van der Waals surface area contributed by atoms with E-state index in [1.54, 1.807) is 31.4 Å². The number of amides is 1. The molecule has 2 heterocycles. The van der Waals surface area contributed by atoms with Crippen LogP contribution in [0.5, 0.6) is 5.75 Å². The van der Waals surface area contributed by atoms with Gasteiger partial charge in [0.05, 0.1) is 24.7 Å². The minimum Gasteiger partial charge on any atom is -0.497 e. The van der Waals surface area contributed by atoms with Gasteiger partial charge >= 0.3 is 0 Å². The predicted octanol–water partition coefficient (Wildman–Crippen LogP) is 2.65. The van der Waals surface area contributed by atoms with Crippen LogP contribution in [0.2, 0.25) is 0 Å². The van der Waals surface area contributed by atoms with Crippen LogP contribution in [0.1, 0.15) is 15.9 Å². The van der Waals surface area contributed by atoms with Crippen LogP contribution >= 0.6 is 11.8 Å². The van der Waals surface area contributed by atoms with Crippen LogP contribution < -0.4 is 4.74 Å². The summed E-state index contributed by atoms with van der Waals surface area (Å²) < 4.78 is 29.4. The Balaban J connectivity index is 1.56. The van der Waals surface area contributed by atoms with E-state index in [9.17, 15) is 13.2 Å². The van der Waals surface area contributed by atoms with Gasteiger partial charge in [-0.15, -0.1) is 0 Å². The number of nitrogens with zero attached hydrogens (tertiary/aromatic N) is 2. The Labute approximate surface area is 174 Å². The molecule has 0 unspecified atom stereocenters. The highest BCUT2D eigenvalue weighted by Crippen LogP contribution is 2.38. The number of carbonyl (C=O) groups is 1. The van der Waals surface area contributed by atoms with Crippen molar-refractivity contribution in [1.82, 2.24) is 4.90 Å². The number of hydrogen-bond acceptors (Lipinski definition) is 5. The number of carbonyl (C=O) groups excluding carboxylic acids is 1. The second kappa shape index (κ2) is 8.20. The van der Waals surface area contributed by atoms with Crippen molar-refractivity contribution in [3.63, 3.8) is 0 Å². The smallest absolute Gasteiger partial charge is 0.279 e. The summed E-state index contributed by atoms with van der Waals surface area (Å²) in [7, 11) is -1.48. The molecule has 29 heavy (non-hydrogen) atoms. The number of rotatable bonds is 5. The van der Waals surface area contributed by atoms with Crippen LogP contribution in [0.4, 0.5) is 0 Å². The van der Waals surface area contributed by atoms with Crippen LogP contribution in [0.15, 0.2) is 59.6 Å². The van der Waals surface area contributed by atoms with Gasteiger partial charge in [0, 0.05) is 17.4 Å². The van der Waals surface area contributed by atoms with Crippen molar-refractivity contribution in [2.75, 3.05) is 25.2 Å². The third-order valence-electron chi connectivity index (χ3n) is 5.19. The zero-order valence-electron chi connectivity index (χ0n) is 16.0. The molecule has 0 bridgehead atoms. The fourth-order valence-electron chi connectivity index (χ4n) is 3.68. The largest absolute Gasteiger partial charge is 0.497 e. The molecule has 2 aliphatic heterocycles. The molecule has 2 aromatic carbocycles. The molecule has 0 aliphatic carbocycles. The molecule has 152 valence electrons. The summed E-state index contributed by atoms with van der Waals surface area (Å²) >= 11 is 1.41. The molecule has 0 radical (unpaired) electrons. The topological polar surface area (TPSA) is 76.0 Å². The number of benzene rings is 2. The number of thioether (sulfide) groups is 1. The normalized spacial score (nSPS) is 23.9. The Hall–Kier alpha value is -2.32. The van der Waals surface area contributed by atoms with E-state index in [1.807, 2.05) is 35.2 Å². The van der Waals surface area contributed by atoms with Crippen molar-refractivity contribution in [3.05, 3.63) is 65.7 Å². The summed E-state index contributed by atoms with van der Waals surface area (Å²) in [5.74, 6) is 0.603. The van der Waals surface area contributed by atoms with Gasteiger partial charge in [-0.1, -0.05) is 42.1 Å². The molecule has 2 fully saturated rings. The lowest BCUT2D eigenvalue weighted by Crippen LogP contribution is -2.39. The lowest BCUT2D eigenvalue weighted by atomic mass is 10.1. The van der Waals surface area contributed by atoms with E-state index in [4.69, 9.17) is 4.74 Å². The Morgan fingerprint density at radius 3 is 2.55 bits per heavy atom. The fourth-order valence-corrected chi connectivity index (χ4v) is 7.65. The first-order valence-electron chi connectivity index (χ1n) is 9.40. The third kappa shape index (κ3) is 4.48. The predicted molar refractivity (Wildman–Crippen MR) is 115 cm³/mol. The Bertz CT molecular complexity index is 1020. The molecule has 0 saturated carbocycles. The molecule has 2 aliphatic rings. The Morgan fingerprint density at radius 2 is 1.86 bits per heavy atom. The quantitative estimate of drug-likeness (QED) is 0.726. The fraction of sp³-hybridized carbons (Fsp3) is 0.333. The second-order valence-corrected chi connectivity index (χ2v) is 10.5. The molecule has 1 amide bonds. The molecule has 2 atom stereocenters. The SMILES string of the molecule is COc1ccc(C(=O)N=C2S[C@@H]3CS(=O)(=O)C[C@H]3N2CCc2ccccc2)cc1. The van der Waals surface area contributed by atoms with Gasteiger partial charge in [-0.05, 0) is 36.2 Å². The Morgan fingerprint density at radius 1 is 1.14 bits per heavy atom. The van der Waals surface area contributed by atoms with E-state index in [2.05, 4.69) is 4.99 Å². The first kappa shape index (κ1) is 20.0. The highest BCUT2D eigenvalue weighted by molar-refractivity contribution is 8.15. The van der Waals surface area contributed by atoms with Crippen molar-refractivity contribution < 1.29 is 17.9 Å². The van der Waals surface area contributed by atoms with Gasteiger partial charge in [-0.3, -0.25) is 4.79 Å². The molecule has 2 saturated heterocycles. The first-order chi connectivity index (χ1) is 13.9. The van der Waals surface area contributed by atoms with E-state index in [0.29, 0.717) is 23.0 Å². The summed E-state index contributed by atoms with van der Waals surface area (Å²) in [6.07, 6.45) is 0.764. The van der Waals surface area contributed by atoms with Gasteiger partial charge in [-0.25, -0.2) is 8.42 Å². The van der Waals surface area contributed by atoms with Crippen molar-refractivity contribution in [3.8, 4) is 5.75 Å². The molecular weight excluding hydrogens is 408 g/mol. The number of hydrogen-bond donors (Lipinski definition) is 0. The zero-order chi connectivity index (χ0) is 20.4. The van der Waals surface area contributed by atoms with Gasteiger partial charge < -0.3 is 9.64 Å². The van der Waals surface area contributed by atoms with E-state index in [-0.39, 0.29) is 28.7 Å². The minimum atomic E-state index is -3.05. The molecule has 2 aromatic rings. The van der Waals surface area contributed by atoms with Crippen molar-refractivity contribution in [1.29, 1.82) is 0 Å². The highest BCUT2D eigenvalue weighted by atomic mass is 32.2. The zero-order valence-corrected chi connectivity index (χ0v) is 17.7. The van der Waals surface area contributed by atoms with E-state index < -0.39 is 9.84 Å². The number of sulfone groups is 1. The van der Waals surface area contributed by atoms with Crippen LogP contribution in [0.25, 0.3) is 0 Å². The van der Waals surface area contributed by atoms with Crippen molar-refractivity contribution in [2.45, 2.75) is 17.7 Å². The standard InChI is InChI=1S/C21H22N2O4S2/c1-27-17-9-7-16(8-10-17)20(24)22-21-23(12-11-15-5-3-2-4-6-15)18-13-29(25,26)14-19(18)28-21/h2-10,18-19H,11-14H2,1H3/t18-,19-/m1/s1. The number of methoxy groups -OCH3 is 1. The van der Waals surface area contributed by atoms with Crippen LogP contribution in [-0.2, 0) is 16.3 Å². The summed E-state index contributed by atoms with van der Waals surface area (Å²) in [6.45, 7) is 0.627. The average molecular weight is 431 g/mol. The molecule has 8 heteroatoms. The number of aliphatic imine (C=N–C) groups is 1. The maximum atomic E-state index is 12.7. The lowest BCUT2D eigenvalue weighted by Gasteiger charge is -2.24. The average Bonchev–Trinajstić information content (AvgIpc) is 3.18. The highest BCUT2D eigenvalue weighted by Gasteiger charge is 2.48. The van der Waals surface area contributed by atoms with Gasteiger partial charge in [0.25, 0.3) is 5.91 Å². The third-order valence-corrected chi connectivity index (χ3v) is 8.44. The van der Waals surface area contributed by atoms with Crippen molar-refractivity contribution in [2.24, 2.45) is 4.99 Å². The van der Waals surface area contributed by atoms with E-state index in [0.717, 1.165) is 6.42 Å². The van der Waals surface area contributed by atoms with Gasteiger partial charge in [0.15, 0.2) is 15.0 Å². The Kier molecular flexibility index (Phi) is 5.65. The summed E-state index contributed by atoms with van der Waals surface area (Å²) in [5.41, 5.74) is 1.65. The number of amidine groups is 1. The van der Waals surface area contributed by atoms with Gasteiger partial charge in [-0.2, -0.15) is 4.99 Å². The lowest BCUT2D eigenvalue weighted by molar-refractivity contribution is 0.100. The number of ether oxygens (including phenoxy) is 1. The van der Waals surface area contributed by atoms with Crippen LogP contribution in [-0.4, -0.2) is 60.8 Å². The molecule has 6 nitrogen and oxygen atoms in total.